The van der Waals surface area contributed by atoms with E-state index in [2.05, 4.69) is 5.32 Å². The third-order valence-electron chi connectivity index (χ3n) is 3.48. The molecule has 2 aromatic carbocycles. The lowest BCUT2D eigenvalue weighted by atomic mass is 10.1. The highest BCUT2D eigenvalue weighted by molar-refractivity contribution is 6.30. The van der Waals surface area contributed by atoms with Crippen LogP contribution in [0.4, 0.5) is 0 Å². The molecule has 0 aliphatic carbocycles. The van der Waals surface area contributed by atoms with Gasteiger partial charge in [-0.15, -0.1) is 0 Å². The summed E-state index contributed by atoms with van der Waals surface area (Å²) in [5.41, 5.74) is 1.02. The molecule has 0 fully saturated rings. The van der Waals surface area contributed by atoms with E-state index in [-0.39, 0.29) is 19.1 Å². The minimum atomic E-state index is -0.617. The Labute approximate surface area is 163 Å². The van der Waals surface area contributed by atoms with E-state index in [0.29, 0.717) is 30.3 Å². The largest absolute Gasteiger partial charge is 0.494 e. The second-order valence-corrected chi connectivity index (χ2v) is 6.02. The van der Waals surface area contributed by atoms with E-state index >= 15 is 0 Å². The maximum atomic E-state index is 11.7. The molecule has 0 radical (unpaired) electrons. The molecule has 0 aliphatic rings. The first-order valence-corrected chi connectivity index (χ1v) is 8.97. The van der Waals surface area contributed by atoms with Crippen LogP contribution in [0.15, 0.2) is 48.5 Å². The van der Waals surface area contributed by atoms with Crippen molar-refractivity contribution in [3.63, 3.8) is 0 Å². The molecule has 0 bridgehead atoms. The van der Waals surface area contributed by atoms with Gasteiger partial charge in [0.2, 0.25) is 0 Å². The Balaban J connectivity index is 1.60. The van der Waals surface area contributed by atoms with Crippen molar-refractivity contribution in [1.82, 2.24) is 5.32 Å². The van der Waals surface area contributed by atoms with E-state index < -0.39 is 5.97 Å². The lowest BCUT2D eigenvalue weighted by Crippen LogP contribution is -2.31. The molecule has 0 heterocycles. The summed E-state index contributed by atoms with van der Waals surface area (Å²) in [7, 11) is 0. The molecule has 7 heteroatoms. The Kier molecular flexibility index (Phi) is 8.45. The monoisotopic (exact) mass is 391 g/mol. The normalized spacial score (nSPS) is 10.1. The zero-order valence-electron chi connectivity index (χ0n) is 15.1. The minimum absolute atomic E-state index is 0.274. The first-order valence-electron chi connectivity index (χ1n) is 8.59. The highest BCUT2D eigenvalue weighted by Gasteiger charge is 2.08. The molecule has 2 aromatic rings. The highest BCUT2D eigenvalue weighted by Crippen LogP contribution is 2.17. The summed E-state index contributed by atoms with van der Waals surface area (Å²) in [6.07, 6.45) is 0.640. The number of rotatable bonds is 10. The second-order valence-electron chi connectivity index (χ2n) is 5.58. The fourth-order valence-electron chi connectivity index (χ4n) is 2.22. The number of carbonyl (C=O) groups excluding carboxylic acids is 2. The van der Waals surface area contributed by atoms with E-state index in [4.69, 9.17) is 25.8 Å². The van der Waals surface area contributed by atoms with E-state index in [0.717, 1.165) is 11.3 Å². The Bertz CT molecular complexity index is 748. The van der Waals surface area contributed by atoms with Gasteiger partial charge in [-0.05, 0) is 55.3 Å². The summed E-state index contributed by atoms with van der Waals surface area (Å²) in [6.45, 7) is 2.28. The molecule has 0 aromatic heterocycles. The first-order chi connectivity index (χ1) is 13.1. The van der Waals surface area contributed by atoms with Gasteiger partial charge in [-0.3, -0.25) is 4.79 Å². The zero-order valence-corrected chi connectivity index (χ0v) is 15.8. The molecule has 2 rings (SSSR count). The average Bonchev–Trinajstić information content (AvgIpc) is 2.66. The molecule has 0 unspecified atom stereocenters. The van der Waals surface area contributed by atoms with Crippen LogP contribution in [-0.2, 0) is 20.7 Å². The highest BCUT2D eigenvalue weighted by atomic mass is 35.5. The molecule has 1 N–H and O–H groups in total. The van der Waals surface area contributed by atoms with Gasteiger partial charge in [0.15, 0.2) is 13.2 Å². The van der Waals surface area contributed by atoms with Crippen molar-refractivity contribution in [2.75, 3.05) is 26.4 Å². The number of nitrogens with one attached hydrogen (secondary N) is 1. The van der Waals surface area contributed by atoms with Crippen molar-refractivity contribution in [1.29, 1.82) is 0 Å². The second kappa shape index (κ2) is 11.1. The van der Waals surface area contributed by atoms with Crippen LogP contribution >= 0.6 is 11.6 Å². The molecule has 0 saturated heterocycles. The summed E-state index contributed by atoms with van der Waals surface area (Å²) in [4.78, 5) is 23.4. The number of esters is 1. The van der Waals surface area contributed by atoms with Crippen LogP contribution in [0.25, 0.3) is 0 Å². The summed E-state index contributed by atoms with van der Waals surface area (Å²) in [5, 5.41) is 3.34. The van der Waals surface area contributed by atoms with Gasteiger partial charge in [0.25, 0.3) is 5.91 Å². The Morgan fingerprint density at radius 3 is 2.37 bits per heavy atom. The minimum Gasteiger partial charge on any atom is -0.494 e. The van der Waals surface area contributed by atoms with Gasteiger partial charge in [0, 0.05) is 11.6 Å². The predicted molar refractivity (Wildman–Crippen MR) is 102 cm³/mol. The molecule has 0 atom stereocenters. The summed E-state index contributed by atoms with van der Waals surface area (Å²) >= 11 is 5.90. The van der Waals surface area contributed by atoms with Crippen LogP contribution in [0.3, 0.4) is 0 Å². The van der Waals surface area contributed by atoms with Gasteiger partial charge in [-0.2, -0.15) is 0 Å². The lowest BCUT2D eigenvalue weighted by Gasteiger charge is -2.09. The quantitative estimate of drug-likeness (QED) is 0.630. The number of ether oxygens (including phenoxy) is 3. The molecule has 6 nitrogen and oxygen atoms in total. The van der Waals surface area contributed by atoms with Gasteiger partial charge in [0.05, 0.1) is 6.61 Å². The third-order valence-corrected chi connectivity index (χ3v) is 3.72. The molecular formula is C20H22ClNO5. The van der Waals surface area contributed by atoms with Gasteiger partial charge in [0.1, 0.15) is 11.5 Å². The Hall–Kier alpha value is -2.73. The van der Waals surface area contributed by atoms with Crippen molar-refractivity contribution in [3.05, 3.63) is 59.1 Å². The summed E-state index contributed by atoms with van der Waals surface area (Å²) in [5.74, 6) is 0.253. The van der Waals surface area contributed by atoms with Gasteiger partial charge in [-0.25, -0.2) is 4.79 Å². The number of benzene rings is 2. The van der Waals surface area contributed by atoms with Crippen molar-refractivity contribution < 1.29 is 23.8 Å². The van der Waals surface area contributed by atoms with Crippen molar-refractivity contribution in [2.24, 2.45) is 0 Å². The fourth-order valence-corrected chi connectivity index (χ4v) is 2.43. The standard InChI is InChI=1S/C20H22ClNO5/c1-2-25-17-6-8-18(9-7-17)26-14-20(24)27-13-19(23)22-11-10-15-4-3-5-16(21)12-15/h3-9,12H,2,10-11,13-14H2,1H3,(H,22,23). The molecule has 144 valence electrons. The number of amides is 1. The first kappa shape index (κ1) is 20.6. The number of hydrogen-bond acceptors (Lipinski definition) is 5. The molecule has 0 saturated carbocycles. The number of carbonyl (C=O) groups is 2. The third kappa shape index (κ3) is 8.00. The molecule has 27 heavy (non-hydrogen) atoms. The lowest BCUT2D eigenvalue weighted by molar-refractivity contribution is -0.150. The van der Waals surface area contributed by atoms with E-state index in [1.54, 1.807) is 30.3 Å². The molecular weight excluding hydrogens is 370 g/mol. The Morgan fingerprint density at radius 2 is 1.70 bits per heavy atom. The smallest absolute Gasteiger partial charge is 0.344 e. The topological polar surface area (TPSA) is 73.9 Å². The van der Waals surface area contributed by atoms with Gasteiger partial charge >= 0.3 is 5.97 Å². The summed E-state index contributed by atoms with van der Waals surface area (Å²) in [6, 6.07) is 14.3. The number of hydrogen-bond donors (Lipinski definition) is 1. The fraction of sp³-hybridized carbons (Fsp3) is 0.300. The molecule has 0 spiro atoms. The van der Waals surface area contributed by atoms with E-state index in [1.165, 1.54) is 0 Å². The van der Waals surface area contributed by atoms with Crippen LogP contribution in [0.1, 0.15) is 12.5 Å². The van der Waals surface area contributed by atoms with Crippen molar-refractivity contribution in [2.45, 2.75) is 13.3 Å². The number of halogens is 1. The maximum Gasteiger partial charge on any atom is 0.344 e. The molecule has 0 aliphatic heterocycles. The van der Waals surface area contributed by atoms with Crippen molar-refractivity contribution >= 4 is 23.5 Å². The van der Waals surface area contributed by atoms with Crippen LogP contribution in [0, 0.1) is 0 Å². The van der Waals surface area contributed by atoms with E-state index in [9.17, 15) is 9.59 Å². The zero-order chi connectivity index (χ0) is 19.5. The maximum absolute atomic E-state index is 11.7. The van der Waals surface area contributed by atoms with Crippen LogP contribution in [-0.4, -0.2) is 38.2 Å². The van der Waals surface area contributed by atoms with Crippen LogP contribution < -0.4 is 14.8 Å². The van der Waals surface area contributed by atoms with Gasteiger partial charge in [-0.1, -0.05) is 23.7 Å². The van der Waals surface area contributed by atoms with E-state index in [1.807, 2.05) is 25.1 Å². The van der Waals surface area contributed by atoms with Gasteiger partial charge < -0.3 is 19.5 Å². The van der Waals surface area contributed by atoms with Crippen molar-refractivity contribution in [3.8, 4) is 11.5 Å². The molecule has 1 amide bonds. The van der Waals surface area contributed by atoms with Crippen LogP contribution in [0.5, 0.6) is 11.5 Å². The average molecular weight is 392 g/mol. The predicted octanol–water partition coefficient (Wildman–Crippen LogP) is 3.02. The van der Waals surface area contributed by atoms with Crippen LogP contribution in [0.2, 0.25) is 5.02 Å². The SMILES string of the molecule is CCOc1ccc(OCC(=O)OCC(=O)NCCc2cccc(Cl)c2)cc1. The summed E-state index contributed by atoms with van der Waals surface area (Å²) < 4.78 is 15.5. The Morgan fingerprint density at radius 1 is 1.00 bits per heavy atom.